The normalized spacial score (nSPS) is 11.3. The van der Waals surface area contributed by atoms with Gasteiger partial charge in [0.2, 0.25) is 0 Å². The second-order valence-corrected chi connectivity index (χ2v) is 10.6. The van der Waals surface area contributed by atoms with Gasteiger partial charge in [0, 0.05) is 53.4 Å². The Morgan fingerprint density at radius 3 is 2.51 bits per heavy atom. The fourth-order valence-electron chi connectivity index (χ4n) is 4.84. The Balaban J connectivity index is 1.67. The molecular formula is C36H43N7O2. The summed E-state index contributed by atoms with van der Waals surface area (Å²) in [4.78, 5) is 11.5. The van der Waals surface area contributed by atoms with Crippen LogP contribution >= 0.6 is 0 Å². The molecule has 0 aromatic heterocycles. The van der Waals surface area contributed by atoms with Gasteiger partial charge >= 0.3 is 0 Å². The molecule has 0 saturated carbocycles. The minimum atomic E-state index is 0.430. The van der Waals surface area contributed by atoms with Gasteiger partial charge in [0.1, 0.15) is 6.61 Å². The molecule has 0 fully saturated rings. The molecule has 0 aliphatic carbocycles. The number of nitrogen functional groups attached to an aromatic ring is 1. The molecule has 4 aromatic carbocycles. The highest BCUT2D eigenvalue weighted by Gasteiger charge is 2.15. The summed E-state index contributed by atoms with van der Waals surface area (Å²) in [7, 11) is 5.68. The summed E-state index contributed by atoms with van der Waals surface area (Å²) >= 11 is 0. The SMILES string of the molecule is C=NC(=Nc1cc(OC)c(OCCN(C)CCCNC)cc1CNc1ccc(N)c(C=N)c1)c1cccc(-c2ccccc2)c1. The van der Waals surface area contributed by atoms with E-state index in [1.165, 1.54) is 6.21 Å². The van der Waals surface area contributed by atoms with Gasteiger partial charge in [0.15, 0.2) is 17.3 Å². The molecule has 0 aliphatic rings. The number of hydrogen-bond donors (Lipinski definition) is 4. The number of anilines is 2. The van der Waals surface area contributed by atoms with Gasteiger partial charge in [-0.2, -0.15) is 0 Å². The van der Waals surface area contributed by atoms with Crippen molar-refractivity contribution < 1.29 is 9.47 Å². The van der Waals surface area contributed by atoms with E-state index in [9.17, 15) is 0 Å². The average molecular weight is 606 g/mol. The first-order valence-corrected chi connectivity index (χ1v) is 15.0. The van der Waals surface area contributed by atoms with Gasteiger partial charge in [-0.15, -0.1) is 0 Å². The number of nitrogens with zero attached hydrogens (tertiary/aromatic N) is 3. The van der Waals surface area contributed by atoms with Crippen molar-refractivity contribution in [3.63, 3.8) is 0 Å². The molecule has 4 aromatic rings. The summed E-state index contributed by atoms with van der Waals surface area (Å²) in [5.74, 6) is 1.70. The Morgan fingerprint density at radius 2 is 1.78 bits per heavy atom. The zero-order valence-electron chi connectivity index (χ0n) is 26.3. The Bertz CT molecular complexity index is 1600. The summed E-state index contributed by atoms with van der Waals surface area (Å²) < 4.78 is 12.0. The van der Waals surface area contributed by atoms with Crippen LogP contribution in [0.1, 0.15) is 23.1 Å². The number of hydrogen-bond acceptors (Lipinski definition) is 8. The zero-order valence-corrected chi connectivity index (χ0v) is 26.3. The first-order chi connectivity index (χ1) is 21.9. The van der Waals surface area contributed by atoms with Gasteiger partial charge in [-0.1, -0.05) is 48.5 Å². The summed E-state index contributed by atoms with van der Waals surface area (Å²) in [6, 6.07) is 27.7. The highest BCUT2D eigenvalue weighted by molar-refractivity contribution is 6.03. The smallest absolute Gasteiger partial charge is 0.162 e. The number of nitrogens with two attached hydrogens (primary N) is 1. The van der Waals surface area contributed by atoms with E-state index in [4.69, 9.17) is 25.6 Å². The monoisotopic (exact) mass is 605 g/mol. The summed E-state index contributed by atoms with van der Waals surface area (Å²) in [6.07, 6.45) is 2.31. The van der Waals surface area contributed by atoms with Crippen molar-refractivity contribution in [2.24, 2.45) is 9.98 Å². The molecule has 0 unspecified atom stereocenters. The second kappa shape index (κ2) is 16.7. The Morgan fingerprint density at radius 1 is 0.978 bits per heavy atom. The maximum absolute atomic E-state index is 7.67. The molecule has 0 heterocycles. The molecule has 0 radical (unpaired) electrons. The standard InChI is InChI=1S/C36H43N7O2/c1-39-16-9-17-43(3)18-19-45-35-22-30(25-41-31-14-15-32(38)29(21-31)24-37)33(23-34(35)44-4)42-36(40-2)28-13-8-12-27(20-28)26-10-6-5-7-11-26/h5-8,10-15,20-24,37,39,41H,2,9,16-19,25,38H2,1,3-4H3. The summed E-state index contributed by atoms with van der Waals surface area (Å²) in [6.45, 7) is 7.51. The molecule has 0 bridgehead atoms. The number of nitrogens with one attached hydrogen (secondary N) is 3. The highest BCUT2D eigenvalue weighted by Crippen LogP contribution is 2.36. The van der Waals surface area contributed by atoms with Crippen molar-refractivity contribution in [1.82, 2.24) is 10.2 Å². The fraction of sp³-hybridized carbons (Fsp3) is 0.250. The second-order valence-electron chi connectivity index (χ2n) is 10.6. The van der Waals surface area contributed by atoms with Crippen LogP contribution in [0.3, 0.4) is 0 Å². The predicted molar refractivity (Wildman–Crippen MR) is 188 cm³/mol. The Kier molecular flexibility index (Phi) is 12.2. The summed E-state index contributed by atoms with van der Waals surface area (Å²) in [5, 5.41) is 14.3. The van der Waals surface area contributed by atoms with Gasteiger partial charge in [-0.25, -0.2) is 9.98 Å². The van der Waals surface area contributed by atoms with E-state index in [0.717, 1.165) is 54.0 Å². The largest absolute Gasteiger partial charge is 0.493 e. The van der Waals surface area contributed by atoms with E-state index >= 15 is 0 Å². The first-order valence-electron chi connectivity index (χ1n) is 15.0. The quantitative estimate of drug-likeness (QED) is 0.0519. The molecular weight excluding hydrogens is 562 g/mol. The van der Waals surface area contributed by atoms with E-state index in [0.29, 0.717) is 47.4 Å². The molecule has 0 atom stereocenters. The van der Waals surface area contributed by atoms with Crippen molar-refractivity contribution in [3.8, 4) is 22.6 Å². The van der Waals surface area contributed by atoms with Crippen molar-refractivity contribution in [2.45, 2.75) is 13.0 Å². The van der Waals surface area contributed by atoms with Gasteiger partial charge in [0.25, 0.3) is 0 Å². The van der Waals surface area contributed by atoms with Crippen LogP contribution in [0.15, 0.2) is 94.9 Å². The maximum atomic E-state index is 7.67. The number of ether oxygens (including phenoxy) is 2. The first kappa shape index (κ1) is 32.9. The number of benzene rings is 4. The van der Waals surface area contributed by atoms with Crippen LogP contribution in [0.5, 0.6) is 11.5 Å². The van der Waals surface area contributed by atoms with E-state index in [-0.39, 0.29) is 0 Å². The number of aliphatic imine (C=N–C) groups is 2. The Hall–Kier alpha value is -4.99. The van der Waals surface area contributed by atoms with Gasteiger partial charge in [0.05, 0.1) is 12.8 Å². The Labute approximate surface area is 266 Å². The lowest BCUT2D eigenvalue weighted by Crippen LogP contribution is -2.27. The minimum absolute atomic E-state index is 0.430. The van der Waals surface area contributed by atoms with Crippen LogP contribution < -0.4 is 25.8 Å². The van der Waals surface area contributed by atoms with E-state index in [2.05, 4.69) is 58.6 Å². The molecule has 0 spiro atoms. The summed E-state index contributed by atoms with van der Waals surface area (Å²) in [5.41, 5.74) is 12.6. The van der Waals surface area contributed by atoms with Gasteiger partial charge < -0.3 is 36.2 Å². The zero-order chi connectivity index (χ0) is 32.0. The average Bonchev–Trinajstić information content (AvgIpc) is 3.07. The number of amidine groups is 1. The van der Waals surface area contributed by atoms with Crippen molar-refractivity contribution in [1.29, 1.82) is 5.41 Å². The fourth-order valence-corrected chi connectivity index (χ4v) is 4.84. The number of rotatable bonds is 16. The minimum Gasteiger partial charge on any atom is -0.493 e. The van der Waals surface area contributed by atoms with E-state index in [1.807, 2.05) is 61.6 Å². The van der Waals surface area contributed by atoms with Crippen molar-refractivity contribution in [3.05, 3.63) is 102 Å². The molecule has 0 amide bonds. The lowest BCUT2D eigenvalue weighted by Gasteiger charge is -2.19. The lowest BCUT2D eigenvalue weighted by molar-refractivity contribution is 0.229. The van der Waals surface area contributed by atoms with Crippen molar-refractivity contribution in [2.75, 3.05) is 58.5 Å². The molecule has 9 heteroatoms. The third-order valence-corrected chi connectivity index (χ3v) is 7.39. The topological polar surface area (TPSA) is 120 Å². The molecule has 4 rings (SSSR count). The highest BCUT2D eigenvalue weighted by atomic mass is 16.5. The van der Waals surface area contributed by atoms with Crippen LogP contribution in [0.4, 0.5) is 17.1 Å². The molecule has 234 valence electrons. The molecule has 45 heavy (non-hydrogen) atoms. The van der Waals surface area contributed by atoms with Crippen LogP contribution in [0.25, 0.3) is 11.1 Å². The van der Waals surface area contributed by atoms with Crippen LogP contribution in [0.2, 0.25) is 0 Å². The predicted octanol–water partition coefficient (Wildman–Crippen LogP) is 6.25. The van der Waals surface area contributed by atoms with Crippen LogP contribution in [-0.4, -0.2) is 71.1 Å². The molecule has 9 nitrogen and oxygen atoms in total. The van der Waals surface area contributed by atoms with Crippen LogP contribution in [0, 0.1) is 5.41 Å². The van der Waals surface area contributed by atoms with Gasteiger partial charge in [-0.05, 0) is 81.8 Å². The maximum Gasteiger partial charge on any atom is 0.162 e. The van der Waals surface area contributed by atoms with Crippen molar-refractivity contribution >= 4 is 35.8 Å². The van der Waals surface area contributed by atoms with E-state index in [1.54, 1.807) is 13.2 Å². The number of likely N-dealkylation sites (N-methyl/N-ethyl adjacent to an activating group) is 1. The lowest BCUT2D eigenvalue weighted by atomic mass is 10.0. The third-order valence-electron chi connectivity index (χ3n) is 7.39. The number of methoxy groups -OCH3 is 1. The van der Waals surface area contributed by atoms with Gasteiger partial charge in [-0.3, -0.25) is 0 Å². The third kappa shape index (κ3) is 9.25. The van der Waals surface area contributed by atoms with E-state index < -0.39 is 0 Å². The molecule has 0 aliphatic heterocycles. The van der Waals surface area contributed by atoms with Crippen LogP contribution in [-0.2, 0) is 6.54 Å². The molecule has 0 saturated heterocycles. The molecule has 5 N–H and O–H groups in total.